The van der Waals surface area contributed by atoms with Gasteiger partial charge in [-0.25, -0.2) is 4.99 Å². The third kappa shape index (κ3) is 5.14. The van der Waals surface area contributed by atoms with E-state index in [0.717, 1.165) is 36.2 Å². The van der Waals surface area contributed by atoms with Crippen LogP contribution in [0.25, 0.3) is 0 Å². The van der Waals surface area contributed by atoms with Crippen LogP contribution >= 0.6 is 11.6 Å². The van der Waals surface area contributed by atoms with Crippen molar-refractivity contribution in [1.29, 1.82) is 0 Å². The minimum atomic E-state index is 0.0967. The highest BCUT2D eigenvalue weighted by Crippen LogP contribution is 2.28. The molecule has 2 aromatic rings. The Labute approximate surface area is 163 Å². The van der Waals surface area contributed by atoms with E-state index >= 15 is 0 Å². The summed E-state index contributed by atoms with van der Waals surface area (Å²) in [5.41, 5.74) is 8.42. The second kappa shape index (κ2) is 8.77. The summed E-state index contributed by atoms with van der Waals surface area (Å²) in [5, 5.41) is 6.46. The van der Waals surface area contributed by atoms with Gasteiger partial charge in [-0.05, 0) is 48.7 Å². The Balaban J connectivity index is 1.58. The molecule has 0 spiro atoms. The molecule has 0 heterocycles. The molecule has 0 saturated heterocycles. The van der Waals surface area contributed by atoms with Gasteiger partial charge in [0.15, 0.2) is 5.96 Å². The summed E-state index contributed by atoms with van der Waals surface area (Å²) >= 11 is 6.10. The van der Waals surface area contributed by atoms with Crippen LogP contribution < -0.4 is 21.1 Å². The number of nitrogens with two attached hydrogens (primary N) is 1. The van der Waals surface area contributed by atoms with Gasteiger partial charge in [0.05, 0.1) is 18.7 Å². The average Bonchev–Trinajstić information content (AvgIpc) is 2.59. The van der Waals surface area contributed by atoms with E-state index in [0.29, 0.717) is 17.3 Å². The van der Waals surface area contributed by atoms with Crippen molar-refractivity contribution in [2.75, 3.05) is 17.7 Å². The number of anilines is 2. The van der Waals surface area contributed by atoms with Gasteiger partial charge in [-0.15, -0.1) is 0 Å². The Morgan fingerprint density at radius 3 is 2.67 bits per heavy atom. The van der Waals surface area contributed by atoms with Gasteiger partial charge in [-0.1, -0.05) is 30.2 Å². The summed E-state index contributed by atoms with van der Waals surface area (Å²) in [6.07, 6.45) is 3.10. The molecule has 27 heavy (non-hydrogen) atoms. The number of benzene rings is 2. The summed E-state index contributed by atoms with van der Waals surface area (Å²) in [4.78, 5) is 16.4. The zero-order chi connectivity index (χ0) is 19.2. The molecule has 1 fully saturated rings. The molecule has 0 unspecified atom stereocenters. The highest BCUT2D eigenvalue weighted by molar-refractivity contribution is 6.32. The SMILES string of the molecule is COc1ccc(NC(N)=NCc2cccc(NC(=O)C3CCC3)c2)cc1Cl. The third-order valence-electron chi connectivity index (χ3n) is 4.53. The van der Waals surface area contributed by atoms with Crippen molar-refractivity contribution < 1.29 is 9.53 Å². The first-order valence-electron chi connectivity index (χ1n) is 8.85. The van der Waals surface area contributed by atoms with E-state index in [1.807, 2.05) is 30.3 Å². The van der Waals surface area contributed by atoms with E-state index in [-0.39, 0.29) is 17.8 Å². The van der Waals surface area contributed by atoms with E-state index < -0.39 is 0 Å². The highest BCUT2D eigenvalue weighted by Gasteiger charge is 2.25. The molecule has 0 aliphatic heterocycles. The number of nitrogens with zero attached hydrogens (tertiary/aromatic N) is 1. The molecule has 1 saturated carbocycles. The number of hydrogen-bond acceptors (Lipinski definition) is 3. The summed E-state index contributed by atoms with van der Waals surface area (Å²) in [6.45, 7) is 0.399. The minimum absolute atomic E-state index is 0.0967. The van der Waals surface area contributed by atoms with Gasteiger partial charge in [0, 0.05) is 17.3 Å². The molecule has 0 bridgehead atoms. The quantitative estimate of drug-likeness (QED) is 0.516. The van der Waals surface area contributed by atoms with Crippen molar-refractivity contribution >= 4 is 34.8 Å². The van der Waals surface area contributed by atoms with Gasteiger partial charge < -0.3 is 21.1 Å². The van der Waals surface area contributed by atoms with Crippen molar-refractivity contribution in [2.45, 2.75) is 25.8 Å². The van der Waals surface area contributed by atoms with Crippen LogP contribution in [0.15, 0.2) is 47.5 Å². The van der Waals surface area contributed by atoms with Crippen molar-refractivity contribution in [2.24, 2.45) is 16.6 Å². The predicted molar refractivity (Wildman–Crippen MR) is 109 cm³/mol. The number of aliphatic imine (C=N–C) groups is 1. The second-order valence-corrected chi connectivity index (χ2v) is 6.90. The zero-order valence-corrected chi connectivity index (χ0v) is 15.9. The molecule has 6 nitrogen and oxygen atoms in total. The van der Waals surface area contributed by atoms with Crippen LogP contribution in [0.4, 0.5) is 11.4 Å². The van der Waals surface area contributed by atoms with Gasteiger partial charge in [-0.3, -0.25) is 4.79 Å². The molecular weight excluding hydrogens is 364 g/mol. The summed E-state index contributed by atoms with van der Waals surface area (Å²) in [6, 6.07) is 12.9. The Morgan fingerprint density at radius 2 is 2.00 bits per heavy atom. The van der Waals surface area contributed by atoms with Crippen molar-refractivity contribution in [1.82, 2.24) is 0 Å². The Kier molecular flexibility index (Phi) is 6.19. The average molecular weight is 387 g/mol. The summed E-state index contributed by atoms with van der Waals surface area (Å²) in [7, 11) is 1.56. The Morgan fingerprint density at radius 1 is 1.22 bits per heavy atom. The summed E-state index contributed by atoms with van der Waals surface area (Å²) in [5.74, 6) is 1.13. The number of nitrogens with one attached hydrogen (secondary N) is 2. The minimum Gasteiger partial charge on any atom is -0.495 e. The zero-order valence-electron chi connectivity index (χ0n) is 15.2. The van der Waals surface area contributed by atoms with Crippen LogP contribution in [0.1, 0.15) is 24.8 Å². The van der Waals surface area contributed by atoms with Gasteiger partial charge in [-0.2, -0.15) is 0 Å². The van der Waals surface area contributed by atoms with Crippen molar-refractivity contribution in [3.8, 4) is 5.75 Å². The number of hydrogen-bond donors (Lipinski definition) is 3. The number of rotatable bonds is 6. The van der Waals surface area contributed by atoms with E-state index in [1.54, 1.807) is 19.2 Å². The van der Waals surface area contributed by atoms with Crippen LogP contribution in [0.3, 0.4) is 0 Å². The number of ether oxygens (including phenoxy) is 1. The first-order chi connectivity index (χ1) is 13.0. The van der Waals surface area contributed by atoms with E-state index in [9.17, 15) is 4.79 Å². The van der Waals surface area contributed by atoms with Crippen LogP contribution in [-0.2, 0) is 11.3 Å². The Hall–Kier alpha value is -2.73. The van der Waals surface area contributed by atoms with Gasteiger partial charge in [0.2, 0.25) is 5.91 Å². The lowest BCUT2D eigenvalue weighted by Gasteiger charge is -2.24. The fraction of sp³-hybridized carbons (Fsp3) is 0.300. The molecule has 0 radical (unpaired) electrons. The van der Waals surface area contributed by atoms with Crippen molar-refractivity contribution in [3.05, 3.63) is 53.1 Å². The second-order valence-electron chi connectivity index (χ2n) is 6.49. The standard InChI is InChI=1S/C20H23ClN4O2/c1-27-18-9-8-16(11-17(18)21)25-20(22)23-12-13-4-2-7-15(10-13)24-19(26)14-5-3-6-14/h2,4,7-11,14H,3,5-6,12H2,1H3,(H,24,26)(H3,22,23,25). The summed E-state index contributed by atoms with van der Waals surface area (Å²) < 4.78 is 5.12. The molecule has 142 valence electrons. The lowest BCUT2D eigenvalue weighted by molar-refractivity contribution is -0.122. The van der Waals surface area contributed by atoms with E-state index in [2.05, 4.69) is 15.6 Å². The number of carbonyl (C=O) groups is 1. The molecule has 2 aromatic carbocycles. The number of carbonyl (C=O) groups excluding carboxylic acids is 1. The third-order valence-corrected chi connectivity index (χ3v) is 4.82. The fourth-order valence-electron chi connectivity index (χ4n) is 2.77. The lowest BCUT2D eigenvalue weighted by atomic mass is 9.85. The predicted octanol–water partition coefficient (Wildman–Crippen LogP) is 4.01. The molecule has 4 N–H and O–H groups in total. The topological polar surface area (TPSA) is 88.7 Å². The normalized spacial score (nSPS) is 14.4. The molecule has 0 atom stereocenters. The molecule has 1 amide bonds. The highest BCUT2D eigenvalue weighted by atomic mass is 35.5. The molecular formula is C20H23ClN4O2. The maximum absolute atomic E-state index is 12.1. The first kappa shape index (κ1) is 19.0. The molecule has 0 aromatic heterocycles. The monoisotopic (exact) mass is 386 g/mol. The number of amides is 1. The molecule has 1 aliphatic carbocycles. The largest absolute Gasteiger partial charge is 0.495 e. The first-order valence-corrected chi connectivity index (χ1v) is 9.23. The number of guanidine groups is 1. The van der Waals surface area contributed by atoms with Gasteiger partial charge >= 0.3 is 0 Å². The lowest BCUT2D eigenvalue weighted by Crippen LogP contribution is -2.28. The van der Waals surface area contributed by atoms with Gasteiger partial charge in [0.25, 0.3) is 0 Å². The van der Waals surface area contributed by atoms with Crippen LogP contribution in [0.2, 0.25) is 5.02 Å². The molecule has 3 rings (SSSR count). The van der Waals surface area contributed by atoms with Crippen LogP contribution in [0.5, 0.6) is 5.75 Å². The molecule has 1 aliphatic rings. The Bertz CT molecular complexity index is 850. The molecule has 7 heteroatoms. The smallest absolute Gasteiger partial charge is 0.227 e. The van der Waals surface area contributed by atoms with E-state index in [4.69, 9.17) is 22.1 Å². The maximum atomic E-state index is 12.1. The van der Waals surface area contributed by atoms with Crippen LogP contribution in [0, 0.1) is 5.92 Å². The number of methoxy groups -OCH3 is 1. The maximum Gasteiger partial charge on any atom is 0.227 e. The van der Waals surface area contributed by atoms with Crippen LogP contribution in [-0.4, -0.2) is 19.0 Å². The van der Waals surface area contributed by atoms with Crippen molar-refractivity contribution in [3.63, 3.8) is 0 Å². The van der Waals surface area contributed by atoms with E-state index in [1.165, 1.54) is 0 Å². The number of halogens is 1. The van der Waals surface area contributed by atoms with Gasteiger partial charge in [0.1, 0.15) is 5.75 Å². The fourth-order valence-corrected chi connectivity index (χ4v) is 3.03.